The normalized spacial score (nSPS) is 25.9. The number of benzene rings is 1. The molecule has 0 bridgehead atoms. The van der Waals surface area contributed by atoms with Crippen molar-refractivity contribution in [1.29, 1.82) is 0 Å². The van der Waals surface area contributed by atoms with Crippen LogP contribution in [0.15, 0.2) is 42.6 Å². The first kappa shape index (κ1) is 20.0. The molecule has 1 amide bonds. The zero-order valence-corrected chi connectivity index (χ0v) is 16.9. The van der Waals surface area contributed by atoms with Gasteiger partial charge in [-0.2, -0.15) is 13.2 Å². The van der Waals surface area contributed by atoms with Crippen molar-refractivity contribution in [3.63, 3.8) is 0 Å². The summed E-state index contributed by atoms with van der Waals surface area (Å²) in [5.74, 6) is -0.383. The molecular weight excluding hydrogens is 407 g/mol. The zero-order valence-electron chi connectivity index (χ0n) is 16.9. The van der Waals surface area contributed by atoms with E-state index in [1.165, 1.54) is 6.07 Å². The third-order valence-electron chi connectivity index (χ3n) is 6.68. The van der Waals surface area contributed by atoms with Crippen LogP contribution in [0, 0.1) is 12.8 Å². The summed E-state index contributed by atoms with van der Waals surface area (Å²) in [5.41, 5.74) is 7.24. The van der Waals surface area contributed by atoms with E-state index in [-0.39, 0.29) is 23.6 Å². The summed E-state index contributed by atoms with van der Waals surface area (Å²) in [6, 6.07) is 9.43. The van der Waals surface area contributed by atoms with Crippen LogP contribution in [0.2, 0.25) is 0 Å². The van der Waals surface area contributed by atoms with Gasteiger partial charge in [-0.1, -0.05) is 18.2 Å². The highest BCUT2D eigenvalue weighted by molar-refractivity contribution is 5.91. The van der Waals surface area contributed by atoms with Gasteiger partial charge in [-0.15, -0.1) is 10.2 Å². The number of carbonyl (C=O) groups is 1. The van der Waals surface area contributed by atoms with E-state index < -0.39 is 17.3 Å². The minimum atomic E-state index is -4.40. The molecule has 31 heavy (non-hydrogen) atoms. The number of pyridine rings is 1. The van der Waals surface area contributed by atoms with Crippen LogP contribution < -0.4 is 5.73 Å². The van der Waals surface area contributed by atoms with Gasteiger partial charge in [-0.05, 0) is 60.9 Å². The van der Waals surface area contributed by atoms with Crippen molar-refractivity contribution in [3.8, 4) is 0 Å². The summed E-state index contributed by atoms with van der Waals surface area (Å²) in [6.45, 7) is 2.63. The van der Waals surface area contributed by atoms with Crippen molar-refractivity contribution in [2.45, 2.75) is 37.4 Å². The molecule has 0 radical (unpaired) electrons. The second-order valence-electron chi connectivity index (χ2n) is 8.79. The molecule has 5 rings (SSSR count). The number of hydrogen-bond donors (Lipinski definition) is 1. The summed E-state index contributed by atoms with van der Waals surface area (Å²) in [7, 11) is 0. The van der Waals surface area contributed by atoms with Crippen molar-refractivity contribution in [2.24, 2.45) is 11.7 Å². The molecule has 2 aliphatic rings. The SMILES string of the molecule is Cc1ccn2c(C(=O)N3CC4CC(c5ccccc5C(F)(F)F)CC4(N)C3)nnc2c1. The fourth-order valence-electron chi connectivity index (χ4n) is 5.21. The number of halogens is 3. The Morgan fingerprint density at radius 2 is 2.00 bits per heavy atom. The molecule has 3 unspecified atom stereocenters. The Kier molecular flexibility index (Phi) is 4.37. The average molecular weight is 429 g/mol. The first-order valence-electron chi connectivity index (χ1n) is 10.2. The van der Waals surface area contributed by atoms with E-state index in [1.54, 1.807) is 27.6 Å². The molecule has 1 aliphatic heterocycles. The van der Waals surface area contributed by atoms with Crippen molar-refractivity contribution in [2.75, 3.05) is 13.1 Å². The van der Waals surface area contributed by atoms with Gasteiger partial charge in [-0.25, -0.2) is 0 Å². The molecule has 1 saturated heterocycles. The number of aromatic nitrogens is 3. The lowest BCUT2D eigenvalue weighted by atomic mass is 9.89. The van der Waals surface area contributed by atoms with Crippen LogP contribution in [-0.2, 0) is 6.18 Å². The number of rotatable bonds is 2. The lowest BCUT2D eigenvalue weighted by Gasteiger charge is -2.25. The summed E-state index contributed by atoms with van der Waals surface area (Å²) in [6.07, 6.45) is -1.70. The quantitative estimate of drug-likeness (QED) is 0.678. The molecular formula is C22H22F3N5O. The predicted molar refractivity (Wildman–Crippen MR) is 107 cm³/mol. The minimum absolute atomic E-state index is 0.0656. The number of nitrogens with zero attached hydrogens (tertiary/aromatic N) is 4. The fourth-order valence-corrected chi connectivity index (χ4v) is 5.21. The van der Waals surface area contributed by atoms with Crippen molar-refractivity contribution >= 4 is 11.6 Å². The smallest absolute Gasteiger partial charge is 0.334 e. The van der Waals surface area contributed by atoms with E-state index in [9.17, 15) is 18.0 Å². The Morgan fingerprint density at radius 1 is 1.23 bits per heavy atom. The molecule has 162 valence electrons. The monoisotopic (exact) mass is 429 g/mol. The van der Waals surface area contributed by atoms with Gasteiger partial charge in [0.25, 0.3) is 5.91 Å². The van der Waals surface area contributed by atoms with Gasteiger partial charge in [0, 0.05) is 24.8 Å². The molecule has 3 aromatic rings. The fraction of sp³-hybridized carbons (Fsp3) is 0.409. The maximum Gasteiger partial charge on any atom is 0.416 e. The Hall–Kier alpha value is -2.94. The number of alkyl halides is 3. The van der Waals surface area contributed by atoms with Crippen molar-refractivity contribution < 1.29 is 18.0 Å². The lowest BCUT2D eigenvalue weighted by molar-refractivity contribution is -0.138. The summed E-state index contributed by atoms with van der Waals surface area (Å²) >= 11 is 0. The topological polar surface area (TPSA) is 76.5 Å². The van der Waals surface area contributed by atoms with Gasteiger partial charge < -0.3 is 10.6 Å². The Bertz CT molecular complexity index is 1170. The standard InChI is InChI=1S/C22H22F3N5O/c1-13-6-7-30-18(8-13)27-28-19(30)20(31)29-11-15-9-14(10-21(15,26)12-29)16-4-2-3-5-17(16)22(23,24)25/h2-8,14-15H,9-12,26H2,1H3. The maximum atomic E-state index is 13.5. The summed E-state index contributed by atoms with van der Waals surface area (Å²) in [5, 5.41) is 8.13. The number of nitrogens with two attached hydrogens (primary N) is 1. The highest BCUT2D eigenvalue weighted by Gasteiger charge is 2.53. The van der Waals surface area contributed by atoms with Gasteiger partial charge in [0.2, 0.25) is 5.82 Å². The van der Waals surface area contributed by atoms with E-state index in [4.69, 9.17) is 5.73 Å². The Morgan fingerprint density at radius 3 is 2.74 bits per heavy atom. The molecule has 9 heteroatoms. The molecule has 1 aliphatic carbocycles. The minimum Gasteiger partial charge on any atom is -0.334 e. The average Bonchev–Trinajstić information content (AvgIpc) is 3.36. The largest absolute Gasteiger partial charge is 0.416 e. The van der Waals surface area contributed by atoms with Crippen LogP contribution in [0.4, 0.5) is 13.2 Å². The highest BCUT2D eigenvalue weighted by Crippen LogP contribution is 2.50. The van der Waals surface area contributed by atoms with Gasteiger partial charge in [0.05, 0.1) is 5.56 Å². The number of amides is 1. The second kappa shape index (κ2) is 6.78. The molecule has 2 fully saturated rings. The molecule has 3 atom stereocenters. The number of carbonyl (C=O) groups excluding carboxylic acids is 1. The summed E-state index contributed by atoms with van der Waals surface area (Å²) in [4.78, 5) is 14.8. The highest BCUT2D eigenvalue weighted by atomic mass is 19.4. The van der Waals surface area contributed by atoms with Crippen molar-refractivity contribution in [1.82, 2.24) is 19.5 Å². The molecule has 3 heterocycles. The Labute approximate surface area is 176 Å². The summed E-state index contributed by atoms with van der Waals surface area (Å²) < 4.78 is 42.0. The third-order valence-corrected chi connectivity index (χ3v) is 6.68. The molecule has 0 spiro atoms. The first-order chi connectivity index (χ1) is 14.7. The van der Waals surface area contributed by atoms with Crippen LogP contribution in [0.3, 0.4) is 0 Å². The van der Waals surface area contributed by atoms with E-state index in [0.717, 1.165) is 11.6 Å². The number of hydrogen-bond acceptors (Lipinski definition) is 4. The number of likely N-dealkylation sites (tertiary alicyclic amines) is 1. The Balaban J connectivity index is 1.37. The van der Waals surface area contributed by atoms with E-state index in [2.05, 4.69) is 10.2 Å². The van der Waals surface area contributed by atoms with E-state index in [1.807, 2.05) is 19.1 Å². The van der Waals surface area contributed by atoms with Crippen LogP contribution in [-0.4, -0.2) is 44.0 Å². The zero-order chi connectivity index (χ0) is 22.0. The molecule has 6 nitrogen and oxygen atoms in total. The molecule has 2 N–H and O–H groups in total. The van der Waals surface area contributed by atoms with Crippen LogP contribution in [0.1, 0.15) is 46.1 Å². The van der Waals surface area contributed by atoms with Crippen molar-refractivity contribution in [3.05, 3.63) is 65.1 Å². The maximum absolute atomic E-state index is 13.5. The van der Waals surface area contributed by atoms with E-state index in [0.29, 0.717) is 37.1 Å². The second-order valence-corrected chi connectivity index (χ2v) is 8.79. The first-order valence-corrected chi connectivity index (χ1v) is 10.2. The molecule has 1 aromatic carbocycles. The van der Waals surface area contributed by atoms with Gasteiger partial charge >= 0.3 is 6.18 Å². The number of aryl methyl sites for hydroxylation is 1. The van der Waals surface area contributed by atoms with Gasteiger partial charge in [0.15, 0.2) is 5.65 Å². The molecule has 1 saturated carbocycles. The predicted octanol–water partition coefficient (Wildman–Crippen LogP) is 3.40. The van der Waals surface area contributed by atoms with Gasteiger partial charge in [-0.3, -0.25) is 9.20 Å². The van der Waals surface area contributed by atoms with Crippen LogP contribution in [0.25, 0.3) is 5.65 Å². The number of fused-ring (bicyclic) bond motifs is 2. The van der Waals surface area contributed by atoms with Crippen LogP contribution in [0.5, 0.6) is 0 Å². The van der Waals surface area contributed by atoms with Crippen LogP contribution >= 0.6 is 0 Å². The third kappa shape index (κ3) is 3.27. The lowest BCUT2D eigenvalue weighted by Crippen LogP contribution is -2.45. The van der Waals surface area contributed by atoms with E-state index >= 15 is 0 Å². The molecule has 2 aromatic heterocycles. The van der Waals surface area contributed by atoms with Gasteiger partial charge in [0.1, 0.15) is 0 Å².